The van der Waals surface area contributed by atoms with Crippen LogP contribution in [0.15, 0.2) is 47.4 Å². The number of hydrogen-bond donors (Lipinski definition) is 0. The Morgan fingerprint density at radius 1 is 1.10 bits per heavy atom. The number of hydrogen-bond acceptors (Lipinski definition) is 3. The molecule has 0 aromatic heterocycles. The molecule has 0 heterocycles. The zero-order valence-corrected chi connectivity index (χ0v) is 12.9. The molecule has 3 rings (SSSR count). The van der Waals surface area contributed by atoms with Crippen LogP contribution in [-0.4, -0.2) is 12.7 Å². The average Bonchev–Trinajstić information content (AvgIpc) is 2.54. The van der Waals surface area contributed by atoms with Crippen LogP contribution in [0.25, 0.3) is 21.5 Å². The molecule has 0 fully saturated rings. The number of rotatable bonds is 4. The fourth-order valence-corrected chi connectivity index (χ4v) is 3.40. The van der Waals surface area contributed by atoms with Gasteiger partial charge in [0.1, 0.15) is 5.75 Å². The first-order valence-electron chi connectivity index (χ1n) is 6.91. The molecule has 0 saturated heterocycles. The van der Waals surface area contributed by atoms with E-state index in [9.17, 15) is 4.79 Å². The van der Waals surface area contributed by atoms with E-state index in [0.29, 0.717) is 0 Å². The van der Waals surface area contributed by atoms with Crippen molar-refractivity contribution >= 4 is 38.9 Å². The van der Waals surface area contributed by atoms with Crippen LogP contribution in [0.5, 0.6) is 5.75 Å². The number of benzene rings is 3. The molecule has 2 nitrogen and oxygen atoms in total. The van der Waals surface area contributed by atoms with Crippen molar-refractivity contribution in [1.29, 1.82) is 0 Å². The van der Waals surface area contributed by atoms with Gasteiger partial charge in [-0.15, -0.1) is 0 Å². The van der Waals surface area contributed by atoms with Gasteiger partial charge in [-0.2, -0.15) is 0 Å². The van der Waals surface area contributed by atoms with Crippen molar-refractivity contribution in [2.24, 2.45) is 0 Å². The molecule has 0 bridgehead atoms. The predicted octanol–water partition coefficient (Wildman–Crippen LogP) is 4.85. The van der Waals surface area contributed by atoms with E-state index < -0.39 is 0 Å². The molecular weight excluding hydrogens is 280 g/mol. The third kappa shape index (κ3) is 2.38. The Morgan fingerprint density at radius 2 is 1.95 bits per heavy atom. The standard InChI is InChI=1S/C18H16O2S/c1-3-12-7-8-13-10-16-14(5-4-6-17(16)20-2)18(21-11-19)15(13)9-12/h4-11H,3H2,1-2H3. The summed E-state index contributed by atoms with van der Waals surface area (Å²) >= 11 is 1.24. The van der Waals surface area contributed by atoms with Crippen molar-refractivity contribution < 1.29 is 9.53 Å². The number of aryl methyl sites for hydroxylation is 1. The van der Waals surface area contributed by atoms with Gasteiger partial charge < -0.3 is 4.74 Å². The van der Waals surface area contributed by atoms with Gasteiger partial charge in [-0.1, -0.05) is 49.0 Å². The number of carbonyl (C=O) groups is 1. The Morgan fingerprint density at radius 3 is 2.67 bits per heavy atom. The largest absolute Gasteiger partial charge is 0.496 e. The molecule has 0 aliphatic heterocycles. The van der Waals surface area contributed by atoms with Crippen molar-refractivity contribution in [2.45, 2.75) is 18.2 Å². The quantitative estimate of drug-likeness (QED) is 0.391. The summed E-state index contributed by atoms with van der Waals surface area (Å²) in [6.07, 6.45) is 0.983. The maximum absolute atomic E-state index is 11.1. The summed E-state index contributed by atoms with van der Waals surface area (Å²) in [4.78, 5) is 12.1. The predicted molar refractivity (Wildman–Crippen MR) is 90.0 cm³/mol. The summed E-state index contributed by atoms with van der Waals surface area (Å²) < 4.78 is 5.46. The second kappa shape index (κ2) is 5.78. The lowest BCUT2D eigenvalue weighted by atomic mass is 10.00. The van der Waals surface area contributed by atoms with Crippen LogP contribution in [0.2, 0.25) is 0 Å². The van der Waals surface area contributed by atoms with Crippen molar-refractivity contribution in [1.82, 2.24) is 0 Å². The maximum atomic E-state index is 11.1. The van der Waals surface area contributed by atoms with E-state index in [2.05, 4.69) is 31.2 Å². The van der Waals surface area contributed by atoms with Gasteiger partial charge in [0.2, 0.25) is 0 Å². The minimum Gasteiger partial charge on any atom is -0.496 e. The summed E-state index contributed by atoms with van der Waals surface area (Å²) in [5.41, 5.74) is 2.17. The highest BCUT2D eigenvalue weighted by molar-refractivity contribution is 8.12. The van der Waals surface area contributed by atoms with Crippen LogP contribution in [-0.2, 0) is 11.2 Å². The van der Waals surface area contributed by atoms with E-state index in [4.69, 9.17) is 4.74 Å². The molecule has 0 unspecified atom stereocenters. The minimum absolute atomic E-state index is 0.835. The highest BCUT2D eigenvalue weighted by atomic mass is 32.2. The van der Waals surface area contributed by atoms with Crippen LogP contribution in [0.4, 0.5) is 0 Å². The molecule has 3 aromatic rings. The average molecular weight is 296 g/mol. The van der Waals surface area contributed by atoms with Crippen LogP contribution < -0.4 is 4.74 Å². The zero-order chi connectivity index (χ0) is 14.8. The Kier molecular flexibility index (Phi) is 3.84. The fourth-order valence-electron chi connectivity index (χ4n) is 2.69. The first-order chi connectivity index (χ1) is 10.3. The molecule has 0 N–H and O–H groups in total. The normalized spacial score (nSPS) is 11.0. The summed E-state index contributed by atoms with van der Waals surface area (Å²) in [6.45, 7) is 2.14. The molecule has 0 aliphatic carbocycles. The van der Waals surface area contributed by atoms with E-state index in [1.165, 1.54) is 17.3 Å². The highest BCUT2D eigenvalue weighted by Gasteiger charge is 2.11. The molecule has 0 saturated carbocycles. The molecule has 21 heavy (non-hydrogen) atoms. The van der Waals surface area contributed by atoms with E-state index in [0.717, 1.165) is 44.2 Å². The van der Waals surface area contributed by atoms with E-state index in [1.807, 2.05) is 18.2 Å². The molecule has 0 aliphatic rings. The fraction of sp³-hybridized carbons (Fsp3) is 0.167. The molecular formula is C18H16O2S. The molecule has 0 amide bonds. The number of thioether (sulfide) groups is 1. The zero-order valence-electron chi connectivity index (χ0n) is 12.1. The Bertz CT molecular complexity index is 820. The van der Waals surface area contributed by atoms with Gasteiger partial charge in [0, 0.05) is 15.7 Å². The van der Waals surface area contributed by atoms with Gasteiger partial charge in [0.15, 0.2) is 5.62 Å². The van der Waals surface area contributed by atoms with Crippen molar-refractivity contribution in [3.63, 3.8) is 0 Å². The molecule has 0 spiro atoms. The van der Waals surface area contributed by atoms with Crippen LogP contribution in [0.1, 0.15) is 12.5 Å². The summed E-state index contributed by atoms with van der Waals surface area (Å²) in [6, 6.07) is 14.5. The molecule has 106 valence electrons. The van der Waals surface area contributed by atoms with Gasteiger partial charge >= 0.3 is 0 Å². The van der Waals surface area contributed by atoms with Crippen molar-refractivity contribution in [3.8, 4) is 5.75 Å². The Hall–Kier alpha value is -2.00. The monoisotopic (exact) mass is 296 g/mol. The smallest absolute Gasteiger partial charge is 0.181 e. The highest BCUT2D eigenvalue weighted by Crippen LogP contribution is 2.38. The molecule has 0 radical (unpaired) electrons. The summed E-state index contributed by atoms with van der Waals surface area (Å²) in [5.74, 6) is 0.835. The first-order valence-corrected chi connectivity index (χ1v) is 7.79. The van der Waals surface area contributed by atoms with Gasteiger partial charge in [-0.3, -0.25) is 4.79 Å². The lowest BCUT2D eigenvalue weighted by Crippen LogP contribution is -1.89. The molecule has 3 aromatic carbocycles. The van der Waals surface area contributed by atoms with Gasteiger partial charge in [-0.05, 0) is 34.9 Å². The maximum Gasteiger partial charge on any atom is 0.181 e. The topological polar surface area (TPSA) is 26.3 Å². The number of ether oxygens (including phenoxy) is 1. The molecule has 0 atom stereocenters. The van der Waals surface area contributed by atoms with Crippen LogP contribution >= 0.6 is 11.8 Å². The Balaban J connectivity index is 2.46. The lowest BCUT2D eigenvalue weighted by Gasteiger charge is -2.12. The number of fused-ring (bicyclic) bond motifs is 2. The second-order valence-electron chi connectivity index (χ2n) is 4.88. The van der Waals surface area contributed by atoms with Crippen LogP contribution in [0, 0.1) is 0 Å². The third-order valence-electron chi connectivity index (χ3n) is 3.77. The SMILES string of the molecule is CCc1ccc2cc3c(OC)cccc3c(SC=O)c2c1. The third-order valence-corrected chi connectivity index (χ3v) is 4.54. The first kappa shape index (κ1) is 14.0. The van der Waals surface area contributed by atoms with Crippen LogP contribution in [0.3, 0.4) is 0 Å². The lowest BCUT2D eigenvalue weighted by molar-refractivity contribution is 0.420. The molecule has 3 heteroatoms. The van der Waals surface area contributed by atoms with E-state index >= 15 is 0 Å². The van der Waals surface area contributed by atoms with Gasteiger partial charge in [0.05, 0.1) is 7.11 Å². The van der Waals surface area contributed by atoms with Crippen molar-refractivity contribution in [2.75, 3.05) is 7.11 Å². The van der Waals surface area contributed by atoms with Gasteiger partial charge in [-0.25, -0.2) is 0 Å². The van der Waals surface area contributed by atoms with Crippen molar-refractivity contribution in [3.05, 3.63) is 48.0 Å². The summed E-state index contributed by atoms with van der Waals surface area (Å²) in [5, 5.41) is 4.37. The van der Waals surface area contributed by atoms with Gasteiger partial charge in [0.25, 0.3) is 0 Å². The number of methoxy groups -OCH3 is 1. The number of carbonyl (C=O) groups excluding carboxylic acids is 1. The summed E-state index contributed by atoms with van der Waals surface area (Å²) in [7, 11) is 1.67. The minimum atomic E-state index is 0.835. The van der Waals surface area contributed by atoms with E-state index in [-0.39, 0.29) is 0 Å². The van der Waals surface area contributed by atoms with E-state index in [1.54, 1.807) is 7.11 Å². The second-order valence-corrected chi connectivity index (χ2v) is 5.72. The Labute approximate surface area is 128 Å².